The molecule has 0 saturated heterocycles. The van der Waals surface area contributed by atoms with Crippen molar-refractivity contribution >= 4 is 40.1 Å². The molecule has 0 aliphatic rings. The number of aromatic nitrogens is 1. The summed E-state index contributed by atoms with van der Waals surface area (Å²) in [6, 6.07) is 26.1. The zero-order valence-electron chi connectivity index (χ0n) is 17.7. The number of anilines is 2. The number of hydrogen-bond donors (Lipinski definition) is 2. The number of fused-ring (bicyclic) bond motifs is 1. The molecule has 1 heterocycles. The molecular weight excluding hydrogens is 402 g/mol. The molecule has 0 aliphatic heterocycles. The van der Waals surface area contributed by atoms with Crippen LogP contribution >= 0.6 is 11.8 Å². The summed E-state index contributed by atoms with van der Waals surface area (Å²) in [5.41, 5.74) is 4.80. The van der Waals surface area contributed by atoms with E-state index in [0.717, 1.165) is 23.0 Å². The smallest absolute Gasteiger partial charge is 0.252 e. The second kappa shape index (κ2) is 9.67. The topological polar surface area (TPSA) is 54.0 Å². The average Bonchev–Trinajstić information content (AvgIpc) is 2.80. The lowest BCUT2D eigenvalue weighted by molar-refractivity contribution is 0.0956. The summed E-state index contributed by atoms with van der Waals surface area (Å²) < 4.78 is 0. The van der Waals surface area contributed by atoms with E-state index in [1.54, 1.807) is 11.8 Å². The van der Waals surface area contributed by atoms with Crippen molar-refractivity contribution in [2.24, 2.45) is 0 Å². The van der Waals surface area contributed by atoms with E-state index in [0.29, 0.717) is 17.9 Å². The molecule has 31 heavy (non-hydrogen) atoms. The first-order valence-corrected chi connectivity index (χ1v) is 11.5. The average molecular weight is 428 g/mol. The van der Waals surface area contributed by atoms with Gasteiger partial charge in [-0.1, -0.05) is 54.1 Å². The van der Waals surface area contributed by atoms with Gasteiger partial charge < -0.3 is 10.6 Å². The molecule has 3 aromatic carbocycles. The van der Waals surface area contributed by atoms with Crippen LogP contribution in [-0.4, -0.2) is 23.7 Å². The molecule has 0 atom stereocenters. The fourth-order valence-electron chi connectivity index (χ4n) is 3.45. The number of aryl methyl sites for hydroxylation is 1. The molecule has 0 unspecified atom stereocenters. The maximum absolute atomic E-state index is 13.0. The molecule has 0 aliphatic carbocycles. The molecule has 1 aromatic heterocycles. The minimum Gasteiger partial charge on any atom is -0.352 e. The largest absolute Gasteiger partial charge is 0.352 e. The Balaban J connectivity index is 1.55. The highest BCUT2D eigenvalue weighted by molar-refractivity contribution is 7.98. The van der Waals surface area contributed by atoms with Crippen molar-refractivity contribution in [2.45, 2.75) is 18.2 Å². The highest BCUT2D eigenvalue weighted by Crippen LogP contribution is 2.25. The molecule has 4 nitrogen and oxygen atoms in total. The SMILES string of the molecule is CSc1cccc(Nc2cc(C(=O)NCCc3ccc(C)cc3)c3ccccc3n2)c1. The predicted octanol–water partition coefficient (Wildman–Crippen LogP) is 5.98. The molecule has 1 amide bonds. The van der Waals surface area contributed by atoms with Crippen molar-refractivity contribution in [3.05, 3.63) is 95.6 Å². The minimum absolute atomic E-state index is 0.0911. The zero-order valence-corrected chi connectivity index (χ0v) is 18.5. The van der Waals surface area contributed by atoms with E-state index in [1.165, 1.54) is 16.0 Å². The quantitative estimate of drug-likeness (QED) is 0.356. The van der Waals surface area contributed by atoms with Gasteiger partial charge in [0, 0.05) is 22.5 Å². The van der Waals surface area contributed by atoms with E-state index in [4.69, 9.17) is 4.98 Å². The van der Waals surface area contributed by atoms with Crippen molar-refractivity contribution in [1.82, 2.24) is 10.3 Å². The van der Waals surface area contributed by atoms with Gasteiger partial charge in [0.1, 0.15) is 5.82 Å². The number of carbonyl (C=O) groups excluding carboxylic acids is 1. The van der Waals surface area contributed by atoms with Crippen molar-refractivity contribution < 1.29 is 4.79 Å². The summed E-state index contributed by atoms with van der Waals surface area (Å²) in [5, 5.41) is 7.26. The van der Waals surface area contributed by atoms with Crippen molar-refractivity contribution in [3.63, 3.8) is 0 Å². The minimum atomic E-state index is -0.0911. The molecule has 5 heteroatoms. The summed E-state index contributed by atoms with van der Waals surface area (Å²) in [6.07, 6.45) is 2.84. The molecule has 4 rings (SSSR count). The molecule has 4 aromatic rings. The lowest BCUT2D eigenvalue weighted by Gasteiger charge is -2.12. The number of carbonyl (C=O) groups is 1. The van der Waals surface area contributed by atoms with Crippen molar-refractivity contribution in [3.8, 4) is 0 Å². The first-order chi connectivity index (χ1) is 15.1. The first-order valence-electron chi connectivity index (χ1n) is 10.3. The number of nitrogens with one attached hydrogen (secondary N) is 2. The van der Waals surface area contributed by atoms with Crippen LogP contribution in [0, 0.1) is 6.92 Å². The Labute approximate surface area is 187 Å². The molecule has 0 spiro atoms. The van der Waals surface area contributed by atoms with Crippen LogP contribution < -0.4 is 10.6 Å². The number of amides is 1. The van der Waals surface area contributed by atoms with Gasteiger partial charge in [0.05, 0.1) is 11.1 Å². The van der Waals surface area contributed by atoms with Crippen LogP contribution in [0.15, 0.2) is 83.8 Å². The van der Waals surface area contributed by atoms with Gasteiger partial charge in [-0.05, 0) is 55.5 Å². The summed E-state index contributed by atoms with van der Waals surface area (Å²) in [5.74, 6) is 0.562. The third kappa shape index (κ3) is 5.25. The highest BCUT2D eigenvalue weighted by Gasteiger charge is 2.13. The Morgan fingerprint density at radius 2 is 1.77 bits per heavy atom. The zero-order chi connectivity index (χ0) is 21.6. The number of pyridine rings is 1. The predicted molar refractivity (Wildman–Crippen MR) is 130 cm³/mol. The third-order valence-electron chi connectivity index (χ3n) is 5.12. The van der Waals surface area contributed by atoms with Crippen molar-refractivity contribution in [1.29, 1.82) is 0 Å². The van der Waals surface area contributed by atoms with Crippen LogP contribution in [0.3, 0.4) is 0 Å². The number of nitrogens with zero attached hydrogens (tertiary/aromatic N) is 1. The summed E-state index contributed by atoms with van der Waals surface area (Å²) in [6.45, 7) is 2.65. The first kappa shape index (κ1) is 20.9. The molecular formula is C26H25N3OS. The maximum Gasteiger partial charge on any atom is 0.252 e. The summed E-state index contributed by atoms with van der Waals surface area (Å²) in [4.78, 5) is 18.9. The van der Waals surface area contributed by atoms with E-state index in [9.17, 15) is 4.79 Å². The van der Waals surface area contributed by atoms with Crippen LogP contribution in [0.2, 0.25) is 0 Å². The molecule has 2 N–H and O–H groups in total. The van der Waals surface area contributed by atoms with Crippen LogP contribution in [0.5, 0.6) is 0 Å². The number of para-hydroxylation sites is 1. The molecule has 0 bridgehead atoms. The van der Waals surface area contributed by atoms with E-state index in [1.807, 2.05) is 48.7 Å². The van der Waals surface area contributed by atoms with Crippen LogP contribution in [-0.2, 0) is 6.42 Å². The van der Waals surface area contributed by atoms with Gasteiger partial charge in [-0.3, -0.25) is 4.79 Å². The lowest BCUT2D eigenvalue weighted by Crippen LogP contribution is -2.26. The van der Waals surface area contributed by atoms with Crippen LogP contribution in [0.1, 0.15) is 21.5 Å². The summed E-state index contributed by atoms with van der Waals surface area (Å²) in [7, 11) is 0. The van der Waals surface area contributed by atoms with E-state index >= 15 is 0 Å². The Hall–Kier alpha value is -3.31. The summed E-state index contributed by atoms with van der Waals surface area (Å²) >= 11 is 1.69. The molecule has 0 radical (unpaired) electrons. The standard InChI is InChI=1S/C26H25N3OS/c1-18-10-12-19(13-11-18)14-15-27-26(30)23-17-25(29-24-9-4-3-8-22(23)24)28-20-6-5-7-21(16-20)31-2/h3-13,16-17H,14-15H2,1-2H3,(H,27,30)(H,28,29). The van der Waals surface area contributed by atoms with Crippen LogP contribution in [0.25, 0.3) is 10.9 Å². The monoisotopic (exact) mass is 427 g/mol. The highest BCUT2D eigenvalue weighted by atomic mass is 32.2. The maximum atomic E-state index is 13.0. The normalized spacial score (nSPS) is 10.8. The Kier molecular flexibility index (Phi) is 6.53. The number of benzene rings is 3. The third-order valence-corrected chi connectivity index (χ3v) is 5.85. The van der Waals surface area contributed by atoms with Gasteiger partial charge in [0.25, 0.3) is 5.91 Å². The van der Waals surface area contributed by atoms with Gasteiger partial charge in [0.15, 0.2) is 0 Å². The lowest BCUT2D eigenvalue weighted by atomic mass is 10.1. The van der Waals surface area contributed by atoms with Gasteiger partial charge in [0.2, 0.25) is 0 Å². The van der Waals surface area contributed by atoms with Gasteiger partial charge in [-0.15, -0.1) is 11.8 Å². The number of hydrogen-bond acceptors (Lipinski definition) is 4. The van der Waals surface area contributed by atoms with Crippen LogP contribution in [0.4, 0.5) is 11.5 Å². The Morgan fingerprint density at radius 1 is 0.968 bits per heavy atom. The van der Waals surface area contributed by atoms with Gasteiger partial charge >= 0.3 is 0 Å². The second-order valence-corrected chi connectivity index (χ2v) is 8.30. The molecule has 156 valence electrons. The number of rotatable bonds is 7. The fourth-order valence-corrected chi connectivity index (χ4v) is 3.91. The molecule has 0 fully saturated rings. The van der Waals surface area contributed by atoms with E-state index in [-0.39, 0.29) is 5.91 Å². The van der Waals surface area contributed by atoms with E-state index in [2.05, 4.69) is 54.0 Å². The Bertz CT molecular complexity index is 1200. The van der Waals surface area contributed by atoms with E-state index < -0.39 is 0 Å². The fraction of sp³-hybridized carbons (Fsp3) is 0.154. The number of thioether (sulfide) groups is 1. The molecule has 0 saturated carbocycles. The van der Waals surface area contributed by atoms with Crippen molar-refractivity contribution in [2.75, 3.05) is 18.1 Å². The second-order valence-electron chi connectivity index (χ2n) is 7.42. The Morgan fingerprint density at radius 3 is 2.58 bits per heavy atom. The van der Waals surface area contributed by atoms with Gasteiger partial charge in [-0.25, -0.2) is 4.98 Å². The van der Waals surface area contributed by atoms with Gasteiger partial charge in [-0.2, -0.15) is 0 Å².